The van der Waals surface area contributed by atoms with E-state index < -0.39 is 17.0 Å². The lowest BCUT2D eigenvalue weighted by molar-refractivity contribution is -0.176. The van der Waals surface area contributed by atoms with E-state index in [0.29, 0.717) is 6.61 Å². The minimum atomic E-state index is -1.36. The summed E-state index contributed by atoms with van der Waals surface area (Å²) in [7, 11) is 0. The molecule has 1 rings (SSSR count). The topological polar surface area (TPSA) is 72.8 Å². The Hall–Kier alpha value is -0.940. The number of hydrogen-bond donors (Lipinski definition) is 1. The maximum absolute atomic E-state index is 12.2. The third-order valence-corrected chi connectivity index (χ3v) is 3.93. The summed E-state index contributed by atoms with van der Waals surface area (Å²) < 4.78 is 10.3. The fraction of sp³-hybridized carbons (Fsp3) is 0.857. The van der Waals surface area contributed by atoms with Crippen LogP contribution in [0.2, 0.25) is 0 Å². The van der Waals surface area contributed by atoms with Crippen molar-refractivity contribution in [3.05, 3.63) is 0 Å². The normalized spacial score (nSPS) is 27.2. The van der Waals surface area contributed by atoms with Crippen molar-refractivity contribution in [3.63, 3.8) is 0 Å². The van der Waals surface area contributed by atoms with Gasteiger partial charge in [-0.1, -0.05) is 13.8 Å². The highest BCUT2D eigenvalue weighted by molar-refractivity contribution is 6.04. The minimum absolute atomic E-state index is 0.00641. The van der Waals surface area contributed by atoms with Gasteiger partial charge < -0.3 is 14.6 Å². The number of Topliss-reactive ketones (excluding diaryl/α,β-unsaturated/α-hetero) is 1. The van der Waals surface area contributed by atoms with Gasteiger partial charge in [0.1, 0.15) is 0 Å². The van der Waals surface area contributed by atoms with Crippen molar-refractivity contribution in [3.8, 4) is 0 Å². The lowest BCUT2D eigenvalue weighted by Crippen LogP contribution is -2.53. The quantitative estimate of drug-likeness (QED) is 0.603. The third kappa shape index (κ3) is 3.34. The molecule has 2 unspecified atom stereocenters. The molecule has 110 valence electrons. The fourth-order valence-corrected chi connectivity index (χ4v) is 2.21. The van der Waals surface area contributed by atoms with Crippen LogP contribution in [0.15, 0.2) is 0 Å². The molecule has 0 aliphatic carbocycles. The zero-order valence-corrected chi connectivity index (χ0v) is 12.2. The van der Waals surface area contributed by atoms with Crippen LogP contribution in [-0.2, 0) is 19.1 Å². The Labute approximate surface area is 114 Å². The molecule has 0 amide bonds. The number of carbonyl (C=O) groups excluding carboxylic acids is 2. The van der Waals surface area contributed by atoms with Gasteiger partial charge in [0.05, 0.1) is 25.4 Å². The highest BCUT2D eigenvalue weighted by Gasteiger charge is 2.53. The number of aliphatic hydroxyl groups is 1. The Morgan fingerprint density at radius 2 is 2.21 bits per heavy atom. The summed E-state index contributed by atoms with van der Waals surface area (Å²) in [5.41, 5.74) is -2.48. The monoisotopic (exact) mass is 272 g/mol. The smallest absolute Gasteiger partial charge is 0.322 e. The van der Waals surface area contributed by atoms with E-state index in [9.17, 15) is 14.7 Å². The van der Waals surface area contributed by atoms with Crippen molar-refractivity contribution < 1.29 is 24.2 Å². The molecule has 1 aliphatic rings. The Morgan fingerprint density at radius 1 is 1.58 bits per heavy atom. The summed E-state index contributed by atoms with van der Waals surface area (Å²) in [4.78, 5) is 24.4. The van der Waals surface area contributed by atoms with Crippen molar-refractivity contribution in [1.82, 2.24) is 0 Å². The molecule has 1 fully saturated rings. The van der Waals surface area contributed by atoms with E-state index in [2.05, 4.69) is 0 Å². The number of esters is 1. The van der Waals surface area contributed by atoms with Gasteiger partial charge in [-0.05, 0) is 19.8 Å². The van der Waals surface area contributed by atoms with Crippen LogP contribution in [0.4, 0.5) is 0 Å². The number of hydrogen-bond acceptors (Lipinski definition) is 5. The molecule has 1 aliphatic heterocycles. The molecule has 5 heteroatoms. The third-order valence-electron chi connectivity index (χ3n) is 3.93. The number of carbonyl (C=O) groups is 2. The predicted molar refractivity (Wildman–Crippen MR) is 69.6 cm³/mol. The van der Waals surface area contributed by atoms with Crippen LogP contribution in [0.5, 0.6) is 0 Å². The standard InChI is InChI=1S/C14H24O5/c1-5-19-12(16)14(8-13(4,17)10(2)3)9-18-7-6-11(14)15/h10,17H,5-9H2,1-4H3. The summed E-state index contributed by atoms with van der Waals surface area (Å²) in [5.74, 6) is -0.854. The van der Waals surface area contributed by atoms with Crippen LogP contribution in [0.1, 0.15) is 40.5 Å². The molecule has 1 saturated heterocycles. The molecular weight excluding hydrogens is 248 g/mol. The number of ketones is 1. The molecular formula is C14H24O5. The van der Waals surface area contributed by atoms with E-state index in [4.69, 9.17) is 9.47 Å². The summed E-state index contributed by atoms with van der Waals surface area (Å²) in [6, 6.07) is 0. The van der Waals surface area contributed by atoms with Crippen molar-refractivity contribution in [2.75, 3.05) is 19.8 Å². The summed E-state index contributed by atoms with van der Waals surface area (Å²) in [6.45, 7) is 7.57. The highest BCUT2D eigenvalue weighted by Crippen LogP contribution is 2.38. The second-order valence-electron chi connectivity index (χ2n) is 5.72. The van der Waals surface area contributed by atoms with Crippen LogP contribution in [0.25, 0.3) is 0 Å². The molecule has 0 saturated carbocycles. The van der Waals surface area contributed by atoms with Crippen LogP contribution >= 0.6 is 0 Å². The van der Waals surface area contributed by atoms with E-state index in [1.54, 1.807) is 13.8 Å². The van der Waals surface area contributed by atoms with Gasteiger partial charge in [-0.25, -0.2) is 0 Å². The van der Waals surface area contributed by atoms with Gasteiger partial charge in [-0.15, -0.1) is 0 Å². The maximum Gasteiger partial charge on any atom is 0.322 e. The minimum Gasteiger partial charge on any atom is -0.465 e. The zero-order chi connectivity index (χ0) is 14.7. The van der Waals surface area contributed by atoms with Gasteiger partial charge in [0.25, 0.3) is 0 Å². The number of ether oxygens (including phenoxy) is 2. The van der Waals surface area contributed by atoms with Gasteiger partial charge in [-0.2, -0.15) is 0 Å². The van der Waals surface area contributed by atoms with Crippen LogP contribution < -0.4 is 0 Å². The van der Waals surface area contributed by atoms with Crippen LogP contribution in [-0.4, -0.2) is 42.3 Å². The second-order valence-corrected chi connectivity index (χ2v) is 5.72. The molecule has 0 bridgehead atoms. The molecule has 1 N–H and O–H groups in total. The predicted octanol–water partition coefficient (Wildman–Crippen LogP) is 1.32. The van der Waals surface area contributed by atoms with Gasteiger partial charge in [-0.3, -0.25) is 9.59 Å². The van der Waals surface area contributed by atoms with Gasteiger partial charge in [0.2, 0.25) is 0 Å². The number of rotatable bonds is 5. The average molecular weight is 272 g/mol. The molecule has 1 heterocycles. The Kier molecular flexibility index (Phi) is 5.10. The molecule has 19 heavy (non-hydrogen) atoms. The Bertz CT molecular complexity index is 348. The van der Waals surface area contributed by atoms with Crippen molar-refractivity contribution in [2.24, 2.45) is 11.3 Å². The molecule has 5 nitrogen and oxygen atoms in total. The first kappa shape index (κ1) is 16.1. The zero-order valence-electron chi connectivity index (χ0n) is 12.2. The molecule has 0 spiro atoms. The van der Waals surface area contributed by atoms with Crippen LogP contribution in [0.3, 0.4) is 0 Å². The van der Waals surface area contributed by atoms with E-state index in [1.165, 1.54) is 0 Å². The molecule has 0 radical (unpaired) electrons. The van der Waals surface area contributed by atoms with Crippen LogP contribution in [0, 0.1) is 11.3 Å². The van der Waals surface area contributed by atoms with Gasteiger partial charge in [0.15, 0.2) is 11.2 Å². The summed E-state index contributed by atoms with van der Waals surface area (Å²) >= 11 is 0. The lowest BCUT2D eigenvalue weighted by atomic mass is 9.70. The summed E-state index contributed by atoms with van der Waals surface area (Å²) in [6.07, 6.45) is 0.225. The first-order valence-corrected chi connectivity index (χ1v) is 6.77. The largest absolute Gasteiger partial charge is 0.465 e. The van der Waals surface area contributed by atoms with E-state index in [-0.39, 0.29) is 37.8 Å². The molecule has 0 aromatic rings. The van der Waals surface area contributed by atoms with E-state index in [1.807, 2.05) is 13.8 Å². The Balaban J connectivity index is 3.05. The van der Waals surface area contributed by atoms with Crippen molar-refractivity contribution >= 4 is 11.8 Å². The first-order chi connectivity index (χ1) is 8.76. The molecule has 0 aromatic carbocycles. The van der Waals surface area contributed by atoms with E-state index >= 15 is 0 Å². The first-order valence-electron chi connectivity index (χ1n) is 6.77. The maximum atomic E-state index is 12.2. The SMILES string of the molecule is CCOC(=O)C1(CC(C)(O)C(C)C)COCCC1=O. The van der Waals surface area contributed by atoms with Gasteiger partial charge in [0, 0.05) is 12.8 Å². The van der Waals surface area contributed by atoms with Crippen molar-refractivity contribution in [2.45, 2.75) is 46.1 Å². The Morgan fingerprint density at radius 3 is 2.68 bits per heavy atom. The second kappa shape index (κ2) is 6.01. The fourth-order valence-electron chi connectivity index (χ4n) is 2.21. The summed E-state index contributed by atoms with van der Waals surface area (Å²) in [5, 5.41) is 10.4. The highest BCUT2D eigenvalue weighted by atomic mass is 16.5. The van der Waals surface area contributed by atoms with Crippen molar-refractivity contribution in [1.29, 1.82) is 0 Å². The molecule has 2 atom stereocenters. The van der Waals surface area contributed by atoms with E-state index in [0.717, 1.165) is 0 Å². The van der Waals surface area contributed by atoms with Gasteiger partial charge >= 0.3 is 5.97 Å². The molecule has 0 aromatic heterocycles. The lowest BCUT2D eigenvalue weighted by Gasteiger charge is -2.39. The average Bonchev–Trinajstić information content (AvgIpc) is 2.32.